The van der Waals surface area contributed by atoms with E-state index in [-0.39, 0.29) is 11.9 Å². The van der Waals surface area contributed by atoms with Gasteiger partial charge in [0.05, 0.1) is 6.61 Å². The Hall–Kier alpha value is -1.84. The smallest absolute Gasteiger partial charge is 0.311 e. The van der Waals surface area contributed by atoms with Crippen molar-refractivity contribution in [3.05, 3.63) is 29.8 Å². The van der Waals surface area contributed by atoms with E-state index in [1.165, 1.54) is 0 Å². The van der Waals surface area contributed by atoms with Gasteiger partial charge in [0, 0.05) is 12.8 Å². The number of carbonyl (C=O) groups excluding carboxylic acids is 2. The Morgan fingerprint density at radius 1 is 0.957 bits per heavy atom. The van der Waals surface area contributed by atoms with Gasteiger partial charge < -0.3 is 9.47 Å². The highest BCUT2D eigenvalue weighted by molar-refractivity contribution is 5.73. The molecule has 0 radical (unpaired) electrons. The number of esters is 2. The number of rotatable bonds is 9. The van der Waals surface area contributed by atoms with Gasteiger partial charge in [0.25, 0.3) is 0 Å². The maximum Gasteiger partial charge on any atom is 0.311 e. The molecule has 0 aromatic heterocycles. The molecule has 1 rings (SSSR count). The zero-order valence-corrected chi connectivity index (χ0v) is 14.6. The Labute approximate surface area is 139 Å². The van der Waals surface area contributed by atoms with Crippen molar-refractivity contribution < 1.29 is 19.1 Å². The van der Waals surface area contributed by atoms with E-state index in [4.69, 9.17) is 9.47 Å². The van der Waals surface area contributed by atoms with E-state index < -0.39 is 0 Å². The van der Waals surface area contributed by atoms with Crippen molar-refractivity contribution in [2.75, 3.05) is 6.61 Å². The van der Waals surface area contributed by atoms with Crippen LogP contribution in [0.5, 0.6) is 5.75 Å². The fraction of sp³-hybridized carbons (Fsp3) is 0.579. The summed E-state index contributed by atoms with van der Waals surface area (Å²) < 4.78 is 10.5. The fourth-order valence-corrected chi connectivity index (χ4v) is 2.09. The lowest BCUT2D eigenvalue weighted by molar-refractivity contribution is -0.145. The molecule has 23 heavy (non-hydrogen) atoms. The highest BCUT2D eigenvalue weighted by atomic mass is 16.5. The van der Waals surface area contributed by atoms with E-state index in [1.54, 1.807) is 0 Å². The minimum absolute atomic E-state index is 0.197. The maximum absolute atomic E-state index is 11.9. The van der Waals surface area contributed by atoms with Gasteiger partial charge in [-0.3, -0.25) is 9.59 Å². The zero-order valence-electron chi connectivity index (χ0n) is 14.6. The average molecular weight is 320 g/mol. The van der Waals surface area contributed by atoms with E-state index in [2.05, 4.69) is 13.8 Å². The Morgan fingerprint density at radius 2 is 1.57 bits per heavy atom. The monoisotopic (exact) mass is 320 g/mol. The highest BCUT2D eigenvalue weighted by Crippen LogP contribution is 2.26. The molecule has 0 aliphatic heterocycles. The van der Waals surface area contributed by atoms with Crippen molar-refractivity contribution in [3.8, 4) is 5.75 Å². The highest BCUT2D eigenvalue weighted by Gasteiger charge is 2.11. The molecule has 0 spiro atoms. The van der Waals surface area contributed by atoms with Crippen molar-refractivity contribution in [3.63, 3.8) is 0 Å². The van der Waals surface area contributed by atoms with Crippen LogP contribution in [-0.2, 0) is 14.3 Å². The van der Waals surface area contributed by atoms with Crippen LogP contribution in [0.1, 0.15) is 64.9 Å². The molecule has 4 nitrogen and oxygen atoms in total. The molecule has 0 aliphatic rings. The summed E-state index contributed by atoms with van der Waals surface area (Å²) in [4.78, 5) is 23.4. The predicted molar refractivity (Wildman–Crippen MR) is 90.4 cm³/mol. The van der Waals surface area contributed by atoms with Crippen molar-refractivity contribution >= 4 is 11.9 Å². The molecule has 0 fully saturated rings. The third-order valence-corrected chi connectivity index (χ3v) is 3.35. The largest absolute Gasteiger partial charge is 0.465 e. The van der Waals surface area contributed by atoms with E-state index in [1.807, 2.05) is 38.1 Å². The molecule has 128 valence electrons. The number of benzene rings is 1. The number of hydrogen-bond acceptors (Lipinski definition) is 4. The average Bonchev–Trinajstić information content (AvgIpc) is 2.50. The second-order valence-electron chi connectivity index (χ2n) is 6.45. The summed E-state index contributed by atoms with van der Waals surface area (Å²) >= 11 is 0. The summed E-state index contributed by atoms with van der Waals surface area (Å²) in [5.74, 6) is 0.819. The number of para-hydroxylation sites is 1. The van der Waals surface area contributed by atoms with Gasteiger partial charge in [-0.2, -0.15) is 0 Å². The second kappa shape index (κ2) is 10.0. The third kappa shape index (κ3) is 7.82. The molecule has 0 aliphatic carbocycles. The standard InChI is InChI=1S/C19H28O4/c1-14(2)13-22-18(20)11-7-8-12-19(21)23-17-10-6-5-9-16(17)15(3)4/h5-6,9-10,14-15H,7-8,11-13H2,1-4H3. The molecule has 1 aromatic rings. The van der Waals surface area contributed by atoms with Crippen LogP contribution in [0.15, 0.2) is 24.3 Å². The van der Waals surface area contributed by atoms with Crippen molar-refractivity contribution in [2.45, 2.75) is 59.3 Å². The van der Waals surface area contributed by atoms with Crippen LogP contribution in [0.3, 0.4) is 0 Å². The number of ether oxygens (including phenoxy) is 2. The van der Waals surface area contributed by atoms with Crippen LogP contribution >= 0.6 is 0 Å². The van der Waals surface area contributed by atoms with Crippen LogP contribution in [0.25, 0.3) is 0 Å². The number of unbranched alkanes of at least 4 members (excludes halogenated alkanes) is 1. The van der Waals surface area contributed by atoms with Gasteiger partial charge in [-0.25, -0.2) is 0 Å². The summed E-state index contributed by atoms with van der Waals surface area (Å²) in [6, 6.07) is 7.59. The second-order valence-corrected chi connectivity index (χ2v) is 6.45. The summed E-state index contributed by atoms with van der Waals surface area (Å²) in [5, 5.41) is 0. The Kier molecular flexibility index (Phi) is 8.38. The maximum atomic E-state index is 11.9. The minimum Gasteiger partial charge on any atom is -0.465 e. The van der Waals surface area contributed by atoms with Gasteiger partial charge in [-0.05, 0) is 36.3 Å². The first-order valence-corrected chi connectivity index (χ1v) is 8.35. The van der Waals surface area contributed by atoms with E-state index in [0.29, 0.717) is 49.9 Å². The molecule has 0 bridgehead atoms. The van der Waals surface area contributed by atoms with Crippen molar-refractivity contribution in [1.29, 1.82) is 0 Å². The van der Waals surface area contributed by atoms with Crippen molar-refractivity contribution in [2.24, 2.45) is 5.92 Å². The van der Waals surface area contributed by atoms with Crippen LogP contribution in [-0.4, -0.2) is 18.5 Å². The summed E-state index contributed by atoms with van der Waals surface area (Å²) in [5.41, 5.74) is 1.03. The van der Waals surface area contributed by atoms with Gasteiger partial charge in [0.1, 0.15) is 5.75 Å². The van der Waals surface area contributed by atoms with Gasteiger partial charge in [0.15, 0.2) is 0 Å². The van der Waals surface area contributed by atoms with Crippen LogP contribution < -0.4 is 4.74 Å². The lowest BCUT2D eigenvalue weighted by Gasteiger charge is -2.12. The van der Waals surface area contributed by atoms with Crippen LogP contribution in [0.2, 0.25) is 0 Å². The molecule has 0 amide bonds. The Morgan fingerprint density at radius 3 is 2.17 bits per heavy atom. The Balaban J connectivity index is 2.29. The summed E-state index contributed by atoms with van der Waals surface area (Å²) in [7, 11) is 0. The van der Waals surface area contributed by atoms with E-state index >= 15 is 0 Å². The third-order valence-electron chi connectivity index (χ3n) is 3.35. The first-order chi connectivity index (χ1) is 10.9. The number of hydrogen-bond donors (Lipinski definition) is 0. The predicted octanol–water partition coefficient (Wildman–Crippen LogP) is 4.48. The zero-order chi connectivity index (χ0) is 17.2. The van der Waals surface area contributed by atoms with Gasteiger partial charge in [-0.1, -0.05) is 45.9 Å². The van der Waals surface area contributed by atoms with E-state index in [0.717, 1.165) is 5.56 Å². The van der Waals surface area contributed by atoms with Crippen LogP contribution in [0.4, 0.5) is 0 Å². The lowest BCUT2D eigenvalue weighted by atomic mass is 10.0. The van der Waals surface area contributed by atoms with Gasteiger partial charge in [0.2, 0.25) is 0 Å². The van der Waals surface area contributed by atoms with Gasteiger partial charge in [-0.15, -0.1) is 0 Å². The van der Waals surface area contributed by atoms with Crippen LogP contribution in [0, 0.1) is 5.92 Å². The normalized spacial score (nSPS) is 10.9. The first kappa shape index (κ1) is 19.2. The molecule has 0 heterocycles. The Bertz CT molecular complexity index is 506. The molecule has 0 atom stereocenters. The molecule has 0 unspecified atom stereocenters. The minimum atomic E-state index is -0.256. The molecule has 0 N–H and O–H groups in total. The SMILES string of the molecule is CC(C)COC(=O)CCCCC(=O)Oc1ccccc1C(C)C. The molecule has 1 aromatic carbocycles. The fourth-order valence-electron chi connectivity index (χ4n) is 2.09. The molecule has 0 saturated heterocycles. The summed E-state index contributed by atoms with van der Waals surface area (Å²) in [6.07, 6.45) is 1.92. The van der Waals surface area contributed by atoms with Gasteiger partial charge >= 0.3 is 11.9 Å². The molecular formula is C19H28O4. The summed E-state index contributed by atoms with van der Waals surface area (Å²) in [6.45, 7) is 8.58. The topological polar surface area (TPSA) is 52.6 Å². The molecular weight excluding hydrogens is 292 g/mol. The molecule has 4 heteroatoms. The quantitative estimate of drug-likeness (QED) is 0.382. The lowest BCUT2D eigenvalue weighted by Crippen LogP contribution is -2.11. The van der Waals surface area contributed by atoms with E-state index in [9.17, 15) is 9.59 Å². The molecule has 0 saturated carbocycles. The number of carbonyl (C=O) groups is 2. The van der Waals surface area contributed by atoms with Crippen molar-refractivity contribution in [1.82, 2.24) is 0 Å². The first-order valence-electron chi connectivity index (χ1n) is 8.35.